The van der Waals surface area contributed by atoms with E-state index in [1.54, 1.807) is 4.98 Å². The Hall–Kier alpha value is -3.02. The molecule has 1 N–H and O–H groups in total. The molecule has 0 saturated carbocycles. The zero-order valence-corrected chi connectivity index (χ0v) is 14.6. The molecule has 1 fully saturated rings. The summed E-state index contributed by atoms with van der Waals surface area (Å²) >= 11 is 0. The Morgan fingerprint density at radius 2 is 1.78 bits per heavy atom. The molecule has 0 radical (unpaired) electrons. The molecule has 1 aliphatic rings. The number of nitrogens with zero attached hydrogens (tertiary/aromatic N) is 1. The van der Waals surface area contributed by atoms with E-state index in [1.165, 1.54) is 0 Å². The van der Waals surface area contributed by atoms with Crippen molar-refractivity contribution in [1.82, 2.24) is 9.55 Å². The monoisotopic (exact) mass is 388 g/mol. The summed E-state index contributed by atoms with van der Waals surface area (Å²) in [5.74, 6) is -3.58. The van der Waals surface area contributed by atoms with E-state index in [1.807, 2.05) is 0 Å². The van der Waals surface area contributed by atoms with Crippen molar-refractivity contribution in [3.05, 3.63) is 32.9 Å². The number of rotatable bonds is 5. The fourth-order valence-corrected chi connectivity index (χ4v) is 2.64. The number of halogens is 1. The summed E-state index contributed by atoms with van der Waals surface area (Å²) in [5, 5.41) is 0. The molecule has 11 nitrogen and oxygen atoms in total. The number of esters is 3. The molecule has 1 aromatic rings. The standard InChI is InChI=1S/C15H17FN2O9/c1-6(19)25-11-9(4-10(21)24-3)27-14(12(11)26-7(2)20)18-5-8(16)13(22)17-15(18)23/h5,9,11-12,14H,4H2,1-3H3,(H,17,22,23). The highest BCUT2D eigenvalue weighted by atomic mass is 19.1. The van der Waals surface area contributed by atoms with Gasteiger partial charge in [0.2, 0.25) is 5.82 Å². The first kappa shape index (κ1) is 20.3. The lowest BCUT2D eigenvalue weighted by Gasteiger charge is -2.23. The van der Waals surface area contributed by atoms with Gasteiger partial charge in [0, 0.05) is 13.8 Å². The fourth-order valence-electron chi connectivity index (χ4n) is 2.64. The first-order valence-corrected chi connectivity index (χ1v) is 7.71. The van der Waals surface area contributed by atoms with Crippen molar-refractivity contribution in [3.8, 4) is 0 Å². The minimum atomic E-state index is -1.47. The summed E-state index contributed by atoms with van der Waals surface area (Å²) < 4.78 is 34.6. The molecule has 1 aliphatic heterocycles. The minimum absolute atomic E-state index is 0.400. The van der Waals surface area contributed by atoms with Crippen LogP contribution in [0.15, 0.2) is 15.8 Å². The molecule has 1 aromatic heterocycles. The number of hydrogen-bond acceptors (Lipinski definition) is 9. The molecule has 0 spiro atoms. The van der Waals surface area contributed by atoms with Crippen molar-refractivity contribution >= 4 is 17.9 Å². The highest BCUT2D eigenvalue weighted by molar-refractivity contribution is 5.70. The fraction of sp³-hybridized carbons (Fsp3) is 0.533. The van der Waals surface area contributed by atoms with Gasteiger partial charge in [0.05, 0.1) is 19.7 Å². The van der Waals surface area contributed by atoms with Gasteiger partial charge in [-0.2, -0.15) is 4.39 Å². The molecule has 12 heteroatoms. The molecule has 0 aliphatic carbocycles. The number of aromatic amines is 1. The number of aromatic nitrogens is 2. The number of nitrogens with one attached hydrogen (secondary N) is 1. The quantitative estimate of drug-likeness (QED) is 0.496. The van der Waals surface area contributed by atoms with Crippen LogP contribution in [0.4, 0.5) is 4.39 Å². The van der Waals surface area contributed by atoms with Gasteiger partial charge in [0.1, 0.15) is 6.10 Å². The van der Waals surface area contributed by atoms with Gasteiger partial charge in [0.15, 0.2) is 18.4 Å². The number of carbonyl (C=O) groups excluding carboxylic acids is 3. The van der Waals surface area contributed by atoms with Crippen molar-refractivity contribution in [1.29, 1.82) is 0 Å². The van der Waals surface area contributed by atoms with E-state index in [-0.39, 0.29) is 0 Å². The molecule has 4 unspecified atom stereocenters. The third-order valence-corrected chi connectivity index (χ3v) is 3.68. The third-order valence-electron chi connectivity index (χ3n) is 3.68. The average Bonchev–Trinajstić information content (AvgIpc) is 2.87. The maximum atomic E-state index is 13.6. The lowest BCUT2D eigenvalue weighted by molar-refractivity contribution is -0.166. The number of carbonyl (C=O) groups is 3. The molecule has 2 heterocycles. The van der Waals surface area contributed by atoms with Crippen LogP contribution in [0.25, 0.3) is 0 Å². The molecule has 0 aromatic carbocycles. The molecular formula is C15H17FN2O9. The van der Waals surface area contributed by atoms with E-state index in [9.17, 15) is 28.4 Å². The number of ether oxygens (including phenoxy) is 4. The largest absolute Gasteiger partial charge is 0.469 e. The van der Waals surface area contributed by atoms with Crippen LogP contribution < -0.4 is 11.2 Å². The lowest BCUT2D eigenvalue weighted by Crippen LogP contribution is -2.42. The first-order valence-electron chi connectivity index (χ1n) is 7.71. The van der Waals surface area contributed by atoms with Gasteiger partial charge < -0.3 is 18.9 Å². The van der Waals surface area contributed by atoms with Crippen molar-refractivity contribution in [2.75, 3.05) is 7.11 Å². The second kappa shape index (κ2) is 8.12. The molecule has 4 atom stereocenters. The van der Waals surface area contributed by atoms with E-state index in [0.717, 1.165) is 21.0 Å². The minimum Gasteiger partial charge on any atom is -0.469 e. The van der Waals surface area contributed by atoms with E-state index in [2.05, 4.69) is 4.74 Å². The van der Waals surface area contributed by atoms with Crippen LogP contribution in [0.1, 0.15) is 26.5 Å². The van der Waals surface area contributed by atoms with Crippen molar-refractivity contribution < 1.29 is 37.7 Å². The molecule has 2 rings (SSSR count). The average molecular weight is 388 g/mol. The van der Waals surface area contributed by atoms with Crippen LogP contribution in [-0.2, 0) is 33.3 Å². The number of H-pyrrole nitrogens is 1. The van der Waals surface area contributed by atoms with Gasteiger partial charge in [0.25, 0.3) is 5.56 Å². The second-order valence-electron chi connectivity index (χ2n) is 5.64. The van der Waals surface area contributed by atoms with Gasteiger partial charge in [-0.3, -0.25) is 28.7 Å². The van der Waals surface area contributed by atoms with Crippen LogP contribution in [0.2, 0.25) is 0 Å². The topological polar surface area (TPSA) is 143 Å². The Morgan fingerprint density at radius 3 is 2.33 bits per heavy atom. The molecule has 0 amide bonds. The Kier molecular flexibility index (Phi) is 6.10. The van der Waals surface area contributed by atoms with Crippen LogP contribution in [0.5, 0.6) is 0 Å². The van der Waals surface area contributed by atoms with Crippen LogP contribution in [0.3, 0.4) is 0 Å². The van der Waals surface area contributed by atoms with Gasteiger partial charge in [-0.15, -0.1) is 0 Å². The second-order valence-corrected chi connectivity index (χ2v) is 5.64. The third kappa shape index (κ3) is 4.58. The Balaban J connectivity index is 2.50. The summed E-state index contributed by atoms with van der Waals surface area (Å²) in [6.07, 6.45) is -5.12. The first-order chi connectivity index (χ1) is 12.6. The van der Waals surface area contributed by atoms with Crippen molar-refractivity contribution in [2.45, 2.75) is 44.8 Å². The van der Waals surface area contributed by atoms with E-state index < -0.39 is 65.9 Å². The highest BCUT2D eigenvalue weighted by Crippen LogP contribution is 2.35. The Bertz CT molecular complexity index is 862. The van der Waals surface area contributed by atoms with Gasteiger partial charge >= 0.3 is 23.6 Å². The molecule has 148 valence electrons. The molecule has 0 bridgehead atoms. The highest BCUT2D eigenvalue weighted by Gasteiger charge is 2.51. The van der Waals surface area contributed by atoms with E-state index >= 15 is 0 Å². The van der Waals surface area contributed by atoms with Crippen LogP contribution >= 0.6 is 0 Å². The summed E-state index contributed by atoms with van der Waals surface area (Å²) in [6, 6.07) is 0. The molecular weight excluding hydrogens is 371 g/mol. The Morgan fingerprint density at radius 1 is 1.19 bits per heavy atom. The van der Waals surface area contributed by atoms with Gasteiger partial charge in [-0.05, 0) is 0 Å². The SMILES string of the molecule is COC(=O)CC1OC(n2cc(F)c(=O)[nH]c2=O)C(OC(C)=O)C1OC(C)=O. The maximum Gasteiger partial charge on any atom is 0.330 e. The summed E-state index contributed by atoms with van der Waals surface area (Å²) in [4.78, 5) is 59.5. The predicted octanol–water partition coefficient (Wildman–Crippen LogP) is -1.00. The summed E-state index contributed by atoms with van der Waals surface area (Å²) in [6.45, 7) is 2.14. The normalized spacial score (nSPS) is 24.3. The summed E-state index contributed by atoms with van der Waals surface area (Å²) in [5.41, 5.74) is -2.30. The molecule has 27 heavy (non-hydrogen) atoms. The van der Waals surface area contributed by atoms with Crippen molar-refractivity contribution in [3.63, 3.8) is 0 Å². The van der Waals surface area contributed by atoms with E-state index in [4.69, 9.17) is 14.2 Å². The summed E-state index contributed by atoms with van der Waals surface area (Å²) in [7, 11) is 1.13. The van der Waals surface area contributed by atoms with E-state index in [0.29, 0.717) is 10.8 Å². The zero-order chi connectivity index (χ0) is 20.3. The maximum absolute atomic E-state index is 13.6. The predicted molar refractivity (Wildman–Crippen MR) is 82.9 cm³/mol. The van der Waals surface area contributed by atoms with Crippen molar-refractivity contribution in [2.24, 2.45) is 0 Å². The van der Waals surface area contributed by atoms with Crippen LogP contribution in [-0.4, -0.2) is 52.9 Å². The lowest BCUT2D eigenvalue weighted by atomic mass is 10.1. The molecule has 1 saturated heterocycles. The number of methoxy groups -OCH3 is 1. The Labute approximate surface area is 151 Å². The van der Waals surface area contributed by atoms with Crippen LogP contribution in [0, 0.1) is 5.82 Å². The smallest absolute Gasteiger partial charge is 0.330 e. The van der Waals surface area contributed by atoms with Gasteiger partial charge in [-0.25, -0.2) is 4.79 Å². The number of hydrogen-bond donors (Lipinski definition) is 1. The van der Waals surface area contributed by atoms with Gasteiger partial charge in [-0.1, -0.05) is 0 Å². The zero-order valence-electron chi connectivity index (χ0n) is 14.6.